The van der Waals surface area contributed by atoms with Crippen LogP contribution in [-0.2, 0) is 6.42 Å². The molecular weight excluding hydrogens is 200 g/mol. The van der Waals surface area contributed by atoms with E-state index in [1.165, 1.54) is 6.33 Å². The molecule has 3 nitrogen and oxygen atoms in total. The summed E-state index contributed by atoms with van der Waals surface area (Å²) in [5.41, 5.74) is 4.07. The summed E-state index contributed by atoms with van der Waals surface area (Å²) < 4.78 is 0. The number of ketones is 1. The molecule has 1 aliphatic rings. The first-order valence-corrected chi connectivity index (χ1v) is 5.27. The molecule has 1 heterocycles. The summed E-state index contributed by atoms with van der Waals surface area (Å²) in [5, 5.41) is 0. The van der Waals surface area contributed by atoms with Gasteiger partial charge >= 0.3 is 0 Å². The molecule has 1 aliphatic carbocycles. The zero-order chi connectivity index (χ0) is 11.0. The van der Waals surface area contributed by atoms with E-state index in [0.29, 0.717) is 6.42 Å². The van der Waals surface area contributed by atoms with Crippen LogP contribution in [0.3, 0.4) is 0 Å². The van der Waals surface area contributed by atoms with Gasteiger partial charge in [0.2, 0.25) is 0 Å². The quantitative estimate of drug-likeness (QED) is 0.725. The van der Waals surface area contributed by atoms with E-state index in [4.69, 9.17) is 0 Å². The second-order valence-electron chi connectivity index (χ2n) is 3.88. The van der Waals surface area contributed by atoms with Crippen molar-refractivity contribution < 1.29 is 4.79 Å². The Bertz CT molecular complexity index is 549. The normalized spacial score (nSPS) is 13.9. The average Bonchev–Trinajstić information content (AvgIpc) is 2.73. The molecule has 78 valence electrons. The molecule has 2 aromatic rings. The van der Waals surface area contributed by atoms with Crippen LogP contribution in [0.2, 0.25) is 0 Å². The second-order valence-corrected chi connectivity index (χ2v) is 3.88. The third-order valence-electron chi connectivity index (χ3n) is 2.95. The third-order valence-corrected chi connectivity index (χ3v) is 2.95. The minimum Gasteiger partial charge on any atom is -0.294 e. The van der Waals surface area contributed by atoms with Gasteiger partial charge in [0.05, 0.1) is 0 Å². The highest BCUT2D eigenvalue weighted by Gasteiger charge is 2.22. The number of carbonyl (C=O) groups excluding carboxylic acids is 1. The lowest BCUT2D eigenvalue weighted by Crippen LogP contribution is -1.92. The number of rotatable bonds is 1. The Kier molecular flexibility index (Phi) is 2.03. The van der Waals surface area contributed by atoms with Crippen molar-refractivity contribution in [3.63, 3.8) is 0 Å². The van der Waals surface area contributed by atoms with E-state index in [-0.39, 0.29) is 5.78 Å². The van der Waals surface area contributed by atoms with Crippen molar-refractivity contribution in [1.82, 2.24) is 9.97 Å². The van der Waals surface area contributed by atoms with Crippen LogP contribution >= 0.6 is 0 Å². The highest BCUT2D eigenvalue weighted by atomic mass is 16.1. The molecule has 0 radical (unpaired) electrons. The van der Waals surface area contributed by atoms with Gasteiger partial charge in [-0.15, -0.1) is 0 Å². The molecule has 0 aliphatic heterocycles. The molecule has 0 atom stereocenters. The van der Waals surface area contributed by atoms with Gasteiger partial charge in [-0.3, -0.25) is 4.79 Å². The number of Topliss-reactive ketones (excluding diaryl/α,β-unsaturated/α-hetero) is 1. The predicted octanol–water partition coefficient (Wildman–Crippen LogP) is 2.27. The lowest BCUT2D eigenvalue weighted by molar-refractivity contribution is 0.0994. The fourth-order valence-electron chi connectivity index (χ4n) is 2.20. The van der Waals surface area contributed by atoms with Crippen molar-refractivity contribution in [3.05, 3.63) is 48.0 Å². The van der Waals surface area contributed by atoms with E-state index in [2.05, 4.69) is 9.97 Å². The van der Waals surface area contributed by atoms with Crippen molar-refractivity contribution in [3.8, 4) is 11.1 Å². The van der Waals surface area contributed by atoms with Gasteiger partial charge in [0, 0.05) is 29.9 Å². The summed E-state index contributed by atoms with van der Waals surface area (Å²) in [5.74, 6) is 0.244. The fourth-order valence-corrected chi connectivity index (χ4v) is 2.20. The summed E-state index contributed by atoms with van der Waals surface area (Å²) >= 11 is 0. The molecule has 0 bridgehead atoms. The van der Waals surface area contributed by atoms with Crippen LogP contribution < -0.4 is 0 Å². The standard InChI is InChI=1S/C13H10N2O/c16-13-5-4-11-10(2-1-3-12(11)13)9-6-14-8-15-7-9/h1-3,6-8H,4-5H2. The number of benzene rings is 1. The van der Waals surface area contributed by atoms with Crippen LogP contribution in [0.25, 0.3) is 11.1 Å². The molecule has 3 rings (SSSR count). The van der Waals surface area contributed by atoms with Gasteiger partial charge in [0.1, 0.15) is 6.33 Å². The first-order chi connectivity index (χ1) is 7.86. The predicted molar refractivity (Wildman–Crippen MR) is 60.1 cm³/mol. The van der Waals surface area contributed by atoms with Crippen molar-refractivity contribution in [1.29, 1.82) is 0 Å². The Morgan fingerprint density at radius 3 is 2.56 bits per heavy atom. The Morgan fingerprint density at radius 2 is 1.75 bits per heavy atom. The summed E-state index contributed by atoms with van der Waals surface area (Å²) in [6.07, 6.45) is 6.54. The van der Waals surface area contributed by atoms with Crippen LogP contribution in [0.5, 0.6) is 0 Å². The van der Waals surface area contributed by atoms with Gasteiger partial charge < -0.3 is 0 Å². The summed E-state index contributed by atoms with van der Waals surface area (Å²) in [6, 6.07) is 5.85. The topological polar surface area (TPSA) is 42.9 Å². The smallest absolute Gasteiger partial charge is 0.163 e. The molecule has 0 saturated carbocycles. The molecule has 1 aromatic carbocycles. The minimum atomic E-state index is 0.244. The molecule has 0 spiro atoms. The van der Waals surface area contributed by atoms with Crippen molar-refractivity contribution in [2.24, 2.45) is 0 Å². The molecular formula is C13H10N2O. The van der Waals surface area contributed by atoms with Crippen molar-refractivity contribution in [2.75, 3.05) is 0 Å². The van der Waals surface area contributed by atoms with Crippen LogP contribution in [0, 0.1) is 0 Å². The first-order valence-electron chi connectivity index (χ1n) is 5.27. The van der Waals surface area contributed by atoms with E-state index >= 15 is 0 Å². The minimum absolute atomic E-state index is 0.244. The third kappa shape index (κ3) is 1.33. The van der Waals surface area contributed by atoms with Crippen molar-refractivity contribution in [2.45, 2.75) is 12.8 Å². The lowest BCUT2D eigenvalue weighted by Gasteiger charge is -2.06. The maximum Gasteiger partial charge on any atom is 0.163 e. The van der Waals surface area contributed by atoms with Crippen molar-refractivity contribution >= 4 is 5.78 Å². The van der Waals surface area contributed by atoms with Gasteiger partial charge in [-0.25, -0.2) is 9.97 Å². The number of nitrogens with zero attached hydrogens (tertiary/aromatic N) is 2. The fraction of sp³-hybridized carbons (Fsp3) is 0.154. The maximum absolute atomic E-state index is 11.6. The highest BCUT2D eigenvalue weighted by Crippen LogP contribution is 2.31. The molecule has 1 aromatic heterocycles. The van der Waals surface area contributed by atoms with E-state index in [1.807, 2.05) is 18.2 Å². The Balaban J connectivity index is 2.20. The monoisotopic (exact) mass is 210 g/mol. The van der Waals surface area contributed by atoms with Crippen LogP contribution in [0.4, 0.5) is 0 Å². The van der Waals surface area contributed by atoms with Crippen LogP contribution in [0.15, 0.2) is 36.9 Å². The molecule has 0 amide bonds. The zero-order valence-corrected chi connectivity index (χ0v) is 8.68. The molecule has 0 N–H and O–H groups in total. The van der Waals surface area contributed by atoms with Crippen LogP contribution in [-0.4, -0.2) is 15.8 Å². The van der Waals surface area contributed by atoms with Crippen LogP contribution in [0.1, 0.15) is 22.3 Å². The highest BCUT2D eigenvalue weighted by molar-refractivity contribution is 6.02. The maximum atomic E-state index is 11.6. The second kappa shape index (κ2) is 3.52. The molecule has 16 heavy (non-hydrogen) atoms. The zero-order valence-electron chi connectivity index (χ0n) is 8.68. The Hall–Kier alpha value is -2.03. The van der Waals surface area contributed by atoms with Gasteiger partial charge in [-0.1, -0.05) is 18.2 Å². The molecule has 0 fully saturated rings. The largest absolute Gasteiger partial charge is 0.294 e. The SMILES string of the molecule is O=C1CCc2c1cccc2-c1cncnc1. The van der Waals surface area contributed by atoms with E-state index in [1.54, 1.807) is 12.4 Å². The Morgan fingerprint density at radius 1 is 1.00 bits per heavy atom. The van der Waals surface area contributed by atoms with E-state index in [9.17, 15) is 4.79 Å². The lowest BCUT2D eigenvalue weighted by atomic mass is 9.99. The molecule has 0 unspecified atom stereocenters. The summed E-state index contributed by atoms with van der Waals surface area (Å²) in [4.78, 5) is 19.6. The van der Waals surface area contributed by atoms with E-state index < -0.39 is 0 Å². The number of carbonyl (C=O) groups is 1. The first kappa shape index (κ1) is 9.21. The Labute approximate surface area is 93.2 Å². The number of hydrogen-bond acceptors (Lipinski definition) is 3. The van der Waals surface area contributed by atoms with Gasteiger partial charge in [0.15, 0.2) is 5.78 Å². The van der Waals surface area contributed by atoms with E-state index in [0.717, 1.165) is 28.7 Å². The summed E-state index contributed by atoms with van der Waals surface area (Å²) in [7, 11) is 0. The van der Waals surface area contributed by atoms with Gasteiger partial charge in [-0.2, -0.15) is 0 Å². The van der Waals surface area contributed by atoms with Gasteiger partial charge in [0.25, 0.3) is 0 Å². The van der Waals surface area contributed by atoms with Gasteiger partial charge in [-0.05, 0) is 17.5 Å². The molecule has 0 saturated heterocycles. The average molecular weight is 210 g/mol. The molecule has 3 heteroatoms. The summed E-state index contributed by atoms with van der Waals surface area (Å²) in [6.45, 7) is 0. The number of aromatic nitrogens is 2. The number of hydrogen-bond donors (Lipinski definition) is 0. The number of fused-ring (bicyclic) bond motifs is 1.